The molecular weight excluding hydrogens is 424 g/mol. The normalized spacial score (nSPS) is 22.1. The molecule has 1 unspecified atom stereocenters. The molecule has 0 amide bonds. The van der Waals surface area contributed by atoms with Crippen molar-refractivity contribution in [2.75, 3.05) is 5.32 Å². The van der Waals surface area contributed by atoms with Crippen molar-refractivity contribution < 1.29 is 0 Å². The Balaban J connectivity index is 1.22. The van der Waals surface area contributed by atoms with Gasteiger partial charge in [0, 0.05) is 48.2 Å². The van der Waals surface area contributed by atoms with Crippen molar-refractivity contribution in [1.29, 1.82) is 0 Å². The highest BCUT2D eigenvalue weighted by Crippen LogP contribution is 2.37. The van der Waals surface area contributed by atoms with Crippen LogP contribution >= 0.6 is 11.6 Å². The first-order chi connectivity index (χ1) is 15.6. The van der Waals surface area contributed by atoms with Crippen molar-refractivity contribution in [1.82, 2.24) is 35.3 Å². The Bertz CT molecular complexity index is 1030. The Morgan fingerprint density at radius 3 is 2.62 bits per heavy atom. The summed E-state index contributed by atoms with van der Waals surface area (Å²) in [5, 5.41) is 19.3. The van der Waals surface area contributed by atoms with Gasteiger partial charge in [-0.15, -0.1) is 0 Å². The predicted octanol–water partition coefficient (Wildman–Crippen LogP) is 4.28. The number of nitrogens with one attached hydrogen (secondary N) is 3. The van der Waals surface area contributed by atoms with Crippen LogP contribution in [-0.2, 0) is 13.5 Å². The van der Waals surface area contributed by atoms with Gasteiger partial charge in [-0.05, 0) is 57.8 Å². The zero-order chi connectivity index (χ0) is 22.1. The van der Waals surface area contributed by atoms with Gasteiger partial charge in [0.2, 0.25) is 5.95 Å². The van der Waals surface area contributed by atoms with Crippen LogP contribution in [0, 0.1) is 5.92 Å². The molecule has 5 rings (SSSR count). The van der Waals surface area contributed by atoms with Crippen LogP contribution in [0.15, 0.2) is 24.8 Å². The molecule has 2 saturated carbocycles. The molecule has 3 aromatic rings. The van der Waals surface area contributed by atoms with E-state index in [0.717, 1.165) is 49.3 Å². The topological polar surface area (TPSA) is 96.3 Å². The standard InChI is InChI=1S/C23H31ClN8/c1-14(16-10-26-27-11-16)29-17-5-7-18(8-6-17)30-23-25-13-20(24)22(31-23)19-12-28-32(2)21(19)9-15-3-4-15/h10-15,17-18,29H,3-9H2,1-2H3,(H,26,27)(H,25,30,31). The molecule has 0 radical (unpaired) electrons. The third kappa shape index (κ3) is 4.81. The molecule has 2 aliphatic carbocycles. The molecule has 8 nitrogen and oxygen atoms in total. The van der Waals surface area contributed by atoms with Gasteiger partial charge in [-0.25, -0.2) is 9.97 Å². The van der Waals surface area contributed by atoms with Crippen molar-refractivity contribution in [3.8, 4) is 11.3 Å². The third-order valence-electron chi connectivity index (χ3n) is 6.81. The summed E-state index contributed by atoms with van der Waals surface area (Å²) in [6, 6.07) is 1.18. The number of nitrogens with zero attached hydrogens (tertiary/aromatic N) is 5. The van der Waals surface area contributed by atoms with Crippen LogP contribution in [0.25, 0.3) is 11.3 Å². The fourth-order valence-electron chi connectivity index (χ4n) is 4.66. The Labute approximate surface area is 193 Å². The minimum Gasteiger partial charge on any atom is -0.351 e. The van der Waals surface area contributed by atoms with Crippen LogP contribution in [-0.4, -0.2) is 42.0 Å². The predicted molar refractivity (Wildman–Crippen MR) is 125 cm³/mol. The number of aromatic nitrogens is 6. The van der Waals surface area contributed by atoms with Crippen LogP contribution in [0.1, 0.15) is 62.7 Å². The summed E-state index contributed by atoms with van der Waals surface area (Å²) >= 11 is 6.51. The lowest BCUT2D eigenvalue weighted by atomic mass is 9.90. The van der Waals surface area contributed by atoms with Gasteiger partial charge in [0.1, 0.15) is 0 Å². The van der Waals surface area contributed by atoms with Gasteiger partial charge in [0.25, 0.3) is 0 Å². The number of hydrogen-bond donors (Lipinski definition) is 3. The van der Waals surface area contributed by atoms with Crippen molar-refractivity contribution in [2.45, 2.75) is 70.0 Å². The van der Waals surface area contributed by atoms with Gasteiger partial charge >= 0.3 is 0 Å². The quantitative estimate of drug-likeness (QED) is 0.470. The Morgan fingerprint density at radius 2 is 1.91 bits per heavy atom. The zero-order valence-corrected chi connectivity index (χ0v) is 19.4. The molecule has 9 heteroatoms. The van der Waals surface area contributed by atoms with Crippen LogP contribution in [0.2, 0.25) is 5.02 Å². The minimum atomic E-state index is 0.301. The summed E-state index contributed by atoms with van der Waals surface area (Å²) < 4.78 is 1.96. The molecular formula is C23H31ClN8. The van der Waals surface area contributed by atoms with Crippen LogP contribution < -0.4 is 10.6 Å². The number of aryl methyl sites for hydroxylation is 1. The molecule has 3 heterocycles. The highest BCUT2D eigenvalue weighted by atomic mass is 35.5. The van der Waals surface area contributed by atoms with Gasteiger partial charge in [-0.1, -0.05) is 11.6 Å². The number of hydrogen-bond acceptors (Lipinski definition) is 6. The van der Waals surface area contributed by atoms with E-state index in [1.54, 1.807) is 6.20 Å². The Morgan fingerprint density at radius 1 is 1.12 bits per heavy atom. The molecule has 0 spiro atoms. The maximum absolute atomic E-state index is 6.51. The number of halogens is 1. The van der Waals surface area contributed by atoms with E-state index >= 15 is 0 Å². The van der Waals surface area contributed by atoms with E-state index in [2.05, 4.69) is 37.8 Å². The number of H-pyrrole nitrogens is 1. The second-order valence-corrected chi connectivity index (χ2v) is 9.69. The van der Waals surface area contributed by atoms with E-state index in [4.69, 9.17) is 16.6 Å². The summed E-state index contributed by atoms with van der Waals surface area (Å²) in [6.45, 7) is 2.19. The molecule has 2 fully saturated rings. The second kappa shape index (κ2) is 9.19. The molecule has 0 aliphatic heterocycles. The summed E-state index contributed by atoms with van der Waals surface area (Å²) in [6.07, 6.45) is 15.5. The molecule has 3 N–H and O–H groups in total. The molecule has 0 aromatic carbocycles. The first kappa shape index (κ1) is 21.4. The van der Waals surface area contributed by atoms with Crippen molar-refractivity contribution in [3.05, 3.63) is 41.1 Å². The smallest absolute Gasteiger partial charge is 0.223 e. The number of anilines is 1. The summed E-state index contributed by atoms with van der Waals surface area (Å²) in [5.74, 6) is 1.41. The minimum absolute atomic E-state index is 0.301. The fourth-order valence-corrected chi connectivity index (χ4v) is 4.85. The van der Waals surface area contributed by atoms with Gasteiger partial charge in [-0.3, -0.25) is 9.78 Å². The second-order valence-electron chi connectivity index (χ2n) is 9.28. The molecule has 0 bridgehead atoms. The summed E-state index contributed by atoms with van der Waals surface area (Å²) in [5.41, 5.74) is 4.20. The van der Waals surface area contributed by atoms with Gasteiger partial charge in [0.15, 0.2) is 0 Å². The number of rotatable bonds is 8. The monoisotopic (exact) mass is 454 g/mol. The highest BCUT2D eigenvalue weighted by Gasteiger charge is 2.27. The third-order valence-corrected chi connectivity index (χ3v) is 7.08. The number of aromatic amines is 1. The average Bonchev–Trinajstić information content (AvgIpc) is 3.29. The van der Waals surface area contributed by atoms with Crippen molar-refractivity contribution >= 4 is 17.5 Å². The van der Waals surface area contributed by atoms with E-state index in [9.17, 15) is 0 Å². The first-order valence-corrected chi connectivity index (χ1v) is 12.0. The van der Waals surface area contributed by atoms with Crippen molar-refractivity contribution in [3.63, 3.8) is 0 Å². The molecule has 1 atom stereocenters. The van der Waals surface area contributed by atoms with E-state index in [0.29, 0.717) is 29.1 Å². The fraction of sp³-hybridized carbons (Fsp3) is 0.565. The maximum Gasteiger partial charge on any atom is 0.223 e. The van der Waals surface area contributed by atoms with Crippen LogP contribution in [0.4, 0.5) is 5.95 Å². The highest BCUT2D eigenvalue weighted by molar-refractivity contribution is 6.32. The summed E-state index contributed by atoms with van der Waals surface area (Å²) in [4.78, 5) is 9.27. The lowest BCUT2D eigenvalue weighted by Gasteiger charge is -2.31. The average molecular weight is 455 g/mol. The van der Waals surface area contributed by atoms with Gasteiger partial charge < -0.3 is 10.6 Å². The lowest BCUT2D eigenvalue weighted by molar-refractivity contribution is 0.330. The van der Waals surface area contributed by atoms with Gasteiger partial charge in [0.05, 0.1) is 29.3 Å². The van der Waals surface area contributed by atoms with E-state index in [-0.39, 0.29) is 0 Å². The van der Waals surface area contributed by atoms with E-state index in [1.807, 2.05) is 30.3 Å². The SMILES string of the molecule is CC(NC1CCC(Nc2ncc(Cl)c(-c3cnn(C)c3CC3CC3)n2)CC1)c1cn[nH]c1. The van der Waals surface area contributed by atoms with Crippen LogP contribution in [0.5, 0.6) is 0 Å². The van der Waals surface area contributed by atoms with Crippen molar-refractivity contribution in [2.24, 2.45) is 13.0 Å². The first-order valence-electron chi connectivity index (χ1n) is 11.6. The lowest BCUT2D eigenvalue weighted by Crippen LogP contribution is -2.38. The zero-order valence-electron chi connectivity index (χ0n) is 18.7. The molecule has 2 aliphatic rings. The molecule has 170 valence electrons. The largest absolute Gasteiger partial charge is 0.351 e. The van der Waals surface area contributed by atoms with E-state index < -0.39 is 0 Å². The maximum atomic E-state index is 6.51. The molecule has 0 saturated heterocycles. The molecule has 32 heavy (non-hydrogen) atoms. The van der Waals surface area contributed by atoms with Crippen LogP contribution in [0.3, 0.4) is 0 Å². The molecule has 3 aromatic heterocycles. The summed E-state index contributed by atoms with van der Waals surface area (Å²) in [7, 11) is 2.00. The van der Waals surface area contributed by atoms with Gasteiger partial charge in [-0.2, -0.15) is 10.2 Å². The van der Waals surface area contributed by atoms with E-state index in [1.165, 1.54) is 24.1 Å². The Kier molecular flexibility index (Phi) is 6.15. The Hall–Kier alpha value is -2.45.